The van der Waals surface area contributed by atoms with Crippen molar-refractivity contribution in [3.8, 4) is 5.88 Å². The molecule has 1 aliphatic rings. The number of sulfonamides is 1. The van der Waals surface area contributed by atoms with E-state index in [-0.39, 0.29) is 6.10 Å². The first-order chi connectivity index (χ1) is 11.5. The fourth-order valence-electron chi connectivity index (χ4n) is 2.84. The molecule has 2 aromatic rings. The lowest BCUT2D eigenvalue weighted by Crippen LogP contribution is -2.42. The number of benzene rings is 1. The first-order valence-electron chi connectivity index (χ1n) is 7.98. The molecule has 0 N–H and O–H groups in total. The zero-order valence-electron chi connectivity index (χ0n) is 13.8. The normalized spacial score (nSPS) is 16.9. The maximum atomic E-state index is 12.9. The predicted molar refractivity (Wildman–Crippen MR) is 90.4 cm³/mol. The topological polar surface area (TPSA) is 72.4 Å². The highest BCUT2D eigenvalue weighted by Gasteiger charge is 2.31. The molecule has 0 aliphatic carbocycles. The minimum atomic E-state index is -3.46. The van der Waals surface area contributed by atoms with E-state index in [9.17, 15) is 8.42 Å². The van der Waals surface area contributed by atoms with Gasteiger partial charge in [-0.05, 0) is 49.9 Å². The molecule has 1 aromatic heterocycles. The van der Waals surface area contributed by atoms with Crippen molar-refractivity contribution in [2.45, 2.75) is 37.7 Å². The van der Waals surface area contributed by atoms with E-state index in [4.69, 9.17) is 4.74 Å². The number of hydrogen-bond donors (Lipinski definition) is 0. The Morgan fingerprint density at radius 3 is 2.58 bits per heavy atom. The lowest BCUT2D eigenvalue weighted by molar-refractivity contribution is 0.128. The number of piperidine rings is 1. The molecular formula is C17H21N3O3S. The van der Waals surface area contributed by atoms with Crippen molar-refractivity contribution in [1.29, 1.82) is 0 Å². The third kappa shape index (κ3) is 3.57. The van der Waals surface area contributed by atoms with Crippen LogP contribution in [-0.2, 0) is 10.0 Å². The number of nitrogens with zero attached hydrogens (tertiary/aromatic N) is 3. The van der Waals surface area contributed by atoms with Crippen molar-refractivity contribution in [3.63, 3.8) is 0 Å². The first-order valence-corrected chi connectivity index (χ1v) is 9.42. The van der Waals surface area contributed by atoms with E-state index in [2.05, 4.69) is 10.2 Å². The van der Waals surface area contributed by atoms with E-state index < -0.39 is 10.0 Å². The predicted octanol–water partition coefficient (Wildman–Crippen LogP) is 2.33. The second-order valence-corrected chi connectivity index (χ2v) is 7.96. The van der Waals surface area contributed by atoms with E-state index in [0.29, 0.717) is 36.7 Å². The second-order valence-electron chi connectivity index (χ2n) is 6.05. The van der Waals surface area contributed by atoms with Crippen LogP contribution in [-0.4, -0.2) is 42.1 Å². The number of aryl methyl sites for hydroxylation is 2. The van der Waals surface area contributed by atoms with Gasteiger partial charge in [0.2, 0.25) is 15.9 Å². The lowest BCUT2D eigenvalue weighted by atomic mass is 10.1. The van der Waals surface area contributed by atoms with Gasteiger partial charge in [-0.15, -0.1) is 5.10 Å². The molecule has 1 aliphatic heterocycles. The van der Waals surface area contributed by atoms with Gasteiger partial charge in [0, 0.05) is 25.4 Å². The molecule has 0 radical (unpaired) electrons. The molecule has 1 saturated heterocycles. The molecular weight excluding hydrogens is 326 g/mol. The smallest absolute Gasteiger partial charge is 0.243 e. The highest BCUT2D eigenvalue weighted by molar-refractivity contribution is 7.89. The van der Waals surface area contributed by atoms with Crippen LogP contribution < -0.4 is 4.74 Å². The number of ether oxygens (including phenoxy) is 1. The van der Waals surface area contributed by atoms with E-state index in [0.717, 1.165) is 11.1 Å². The van der Waals surface area contributed by atoms with Gasteiger partial charge in [0.05, 0.1) is 4.90 Å². The molecule has 1 aromatic carbocycles. The molecule has 1 fully saturated rings. The molecule has 0 bridgehead atoms. The molecule has 2 heterocycles. The third-order valence-electron chi connectivity index (χ3n) is 4.20. The zero-order chi connectivity index (χ0) is 17.2. The summed E-state index contributed by atoms with van der Waals surface area (Å²) in [5.41, 5.74) is 1.72. The summed E-state index contributed by atoms with van der Waals surface area (Å²) in [6.45, 7) is 4.62. The van der Waals surface area contributed by atoms with Crippen molar-refractivity contribution in [1.82, 2.24) is 14.5 Å². The Hall–Kier alpha value is -1.99. The fourth-order valence-corrected chi connectivity index (χ4v) is 4.62. The summed E-state index contributed by atoms with van der Waals surface area (Å²) in [6, 6.07) is 9.04. The molecule has 0 unspecified atom stereocenters. The SMILES string of the molecule is Cc1ccc(C)c(S(=O)(=O)N2CCC(Oc3cccnn3)CC2)c1. The summed E-state index contributed by atoms with van der Waals surface area (Å²) in [5, 5.41) is 7.69. The summed E-state index contributed by atoms with van der Waals surface area (Å²) in [5.74, 6) is 0.480. The van der Waals surface area contributed by atoms with Gasteiger partial charge in [0.15, 0.2) is 0 Å². The molecule has 0 amide bonds. The Kier molecular flexibility index (Phi) is 4.82. The molecule has 0 saturated carbocycles. The van der Waals surface area contributed by atoms with Crippen LogP contribution in [0.1, 0.15) is 24.0 Å². The molecule has 6 nitrogen and oxygen atoms in total. The molecule has 24 heavy (non-hydrogen) atoms. The van der Waals surface area contributed by atoms with Gasteiger partial charge in [-0.2, -0.15) is 9.40 Å². The van der Waals surface area contributed by atoms with Crippen LogP contribution in [0.15, 0.2) is 41.4 Å². The molecule has 7 heteroatoms. The summed E-state index contributed by atoms with van der Waals surface area (Å²) < 4.78 is 33.1. The van der Waals surface area contributed by atoms with E-state index in [1.165, 1.54) is 0 Å². The number of hydrogen-bond acceptors (Lipinski definition) is 5. The van der Waals surface area contributed by atoms with Crippen molar-refractivity contribution in [2.75, 3.05) is 13.1 Å². The number of aromatic nitrogens is 2. The van der Waals surface area contributed by atoms with Gasteiger partial charge >= 0.3 is 0 Å². The minimum Gasteiger partial charge on any atom is -0.473 e. The Bertz CT molecular complexity index is 801. The van der Waals surface area contributed by atoms with E-state index in [1.807, 2.05) is 26.0 Å². The minimum absolute atomic E-state index is 0.0354. The van der Waals surface area contributed by atoms with Crippen LogP contribution in [0.2, 0.25) is 0 Å². The highest BCUT2D eigenvalue weighted by atomic mass is 32.2. The van der Waals surface area contributed by atoms with Crippen molar-refractivity contribution in [3.05, 3.63) is 47.7 Å². The van der Waals surface area contributed by atoms with Crippen molar-refractivity contribution >= 4 is 10.0 Å². The summed E-state index contributed by atoms with van der Waals surface area (Å²) in [7, 11) is -3.46. The Balaban J connectivity index is 1.68. The van der Waals surface area contributed by atoms with Crippen LogP contribution >= 0.6 is 0 Å². The van der Waals surface area contributed by atoms with Crippen molar-refractivity contribution < 1.29 is 13.2 Å². The summed E-state index contributed by atoms with van der Waals surface area (Å²) in [6.07, 6.45) is 2.83. The van der Waals surface area contributed by atoms with Gasteiger partial charge in [-0.25, -0.2) is 8.42 Å². The largest absolute Gasteiger partial charge is 0.473 e. The quantitative estimate of drug-likeness (QED) is 0.849. The van der Waals surface area contributed by atoms with E-state index in [1.54, 1.807) is 28.7 Å². The molecule has 128 valence electrons. The highest BCUT2D eigenvalue weighted by Crippen LogP contribution is 2.25. The van der Waals surface area contributed by atoms with Gasteiger partial charge in [-0.1, -0.05) is 12.1 Å². The van der Waals surface area contributed by atoms with Crippen LogP contribution in [0, 0.1) is 13.8 Å². The maximum Gasteiger partial charge on any atom is 0.243 e. The van der Waals surface area contributed by atoms with Crippen LogP contribution in [0.25, 0.3) is 0 Å². The van der Waals surface area contributed by atoms with Crippen LogP contribution in [0.3, 0.4) is 0 Å². The zero-order valence-corrected chi connectivity index (χ0v) is 14.7. The fraction of sp³-hybridized carbons (Fsp3) is 0.412. The monoisotopic (exact) mass is 347 g/mol. The Morgan fingerprint density at radius 2 is 1.92 bits per heavy atom. The summed E-state index contributed by atoms with van der Waals surface area (Å²) >= 11 is 0. The molecule has 0 spiro atoms. The van der Waals surface area contributed by atoms with Crippen LogP contribution in [0.4, 0.5) is 0 Å². The van der Waals surface area contributed by atoms with E-state index >= 15 is 0 Å². The second kappa shape index (κ2) is 6.86. The summed E-state index contributed by atoms with van der Waals surface area (Å²) in [4.78, 5) is 0.399. The standard InChI is InChI=1S/C17H21N3O3S/c1-13-5-6-14(2)16(12-13)24(21,22)20-10-7-15(8-11-20)23-17-4-3-9-18-19-17/h3-6,9,12,15H,7-8,10-11H2,1-2H3. The Morgan fingerprint density at radius 1 is 1.17 bits per heavy atom. The molecule has 0 atom stereocenters. The van der Waals surface area contributed by atoms with Crippen LogP contribution in [0.5, 0.6) is 5.88 Å². The Labute approximate surface area is 142 Å². The van der Waals surface area contributed by atoms with Gasteiger partial charge in [0.1, 0.15) is 6.10 Å². The first kappa shape index (κ1) is 16.9. The van der Waals surface area contributed by atoms with Gasteiger partial charge < -0.3 is 4.74 Å². The molecule has 3 rings (SSSR count). The number of rotatable bonds is 4. The third-order valence-corrected chi connectivity index (χ3v) is 6.24. The maximum absolute atomic E-state index is 12.9. The van der Waals surface area contributed by atoms with Crippen molar-refractivity contribution in [2.24, 2.45) is 0 Å². The lowest BCUT2D eigenvalue weighted by Gasteiger charge is -2.31. The average Bonchev–Trinajstić information content (AvgIpc) is 2.58. The average molecular weight is 347 g/mol. The van der Waals surface area contributed by atoms with Gasteiger partial charge in [0.25, 0.3) is 0 Å². The van der Waals surface area contributed by atoms with Gasteiger partial charge in [-0.3, -0.25) is 0 Å².